The topological polar surface area (TPSA) is 102 Å². The van der Waals surface area contributed by atoms with Crippen LogP contribution in [0.25, 0.3) is 16.6 Å². The fourth-order valence-electron chi connectivity index (χ4n) is 2.91. The number of aliphatic imine (C=N–C) groups is 1. The van der Waals surface area contributed by atoms with Gasteiger partial charge in [0.05, 0.1) is 17.2 Å². The van der Waals surface area contributed by atoms with Gasteiger partial charge < -0.3 is 11.1 Å². The van der Waals surface area contributed by atoms with E-state index in [-0.39, 0.29) is 0 Å². The van der Waals surface area contributed by atoms with Gasteiger partial charge in [-0.2, -0.15) is 18.3 Å². The molecule has 0 spiro atoms. The van der Waals surface area contributed by atoms with Crippen LogP contribution in [0.5, 0.6) is 0 Å². The second kappa shape index (κ2) is 8.05. The molecule has 7 nitrogen and oxygen atoms in total. The van der Waals surface area contributed by atoms with Gasteiger partial charge in [0, 0.05) is 29.7 Å². The quantitative estimate of drug-likeness (QED) is 0.593. The van der Waals surface area contributed by atoms with Gasteiger partial charge in [0.15, 0.2) is 5.82 Å². The molecule has 0 unspecified atom stereocenters. The Balaban J connectivity index is 1.57. The second-order valence-corrected chi connectivity index (χ2v) is 6.94. The Morgan fingerprint density at radius 1 is 1.17 bits per heavy atom. The van der Waals surface area contributed by atoms with E-state index in [4.69, 9.17) is 5.73 Å². The van der Waals surface area contributed by atoms with Crippen LogP contribution in [0.1, 0.15) is 29.9 Å². The van der Waals surface area contributed by atoms with Crippen LogP contribution in [0.2, 0.25) is 0 Å². The summed E-state index contributed by atoms with van der Waals surface area (Å²) in [6.07, 6.45) is 3.50. The molecule has 4 rings (SSSR count). The van der Waals surface area contributed by atoms with E-state index in [0.717, 1.165) is 24.6 Å². The molecule has 1 fully saturated rings. The zero-order valence-corrected chi connectivity index (χ0v) is 15.8. The maximum Gasteiger partial charge on any atom is 0.407 e. The van der Waals surface area contributed by atoms with Crippen molar-refractivity contribution in [1.82, 2.24) is 20.2 Å². The van der Waals surface area contributed by atoms with E-state index in [1.165, 1.54) is 12.4 Å². The summed E-state index contributed by atoms with van der Waals surface area (Å²) in [6, 6.07) is 7.21. The van der Waals surface area contributed by atoms with Crippen molar-refractivity contribution < 1.29 is 13.2 Å². The highest BCUT2D eigenvalue weighted by Gasteiger charge is 2.26. The first-order valence-electron chi connectivity index (χ1n) is 9.26. The van der Waals surface area contributed by atoms with Crippen LogP contribution in [0, 0.1) is 0 Å². The molecule has 3 aromatic rings. The number of aromatic nitrogens is 4. The van der Waals surface area contributed by atoms with Gasteiger partial charge in [-0.3, -0.25) is 9.98 Å². The standard InChI is InChI=1S/C20H18F3N7/c21-20(22,23)11-25-8-15(7-24)13-5-17-16(26-9-13)3-4-18(28-17)29-19-6-14(10-27-30-19)12-1-2-12/h3-10,12H,1-2,11,24H2,(H,28,29,30). The molecular formula is C20H18F3N7. The van der Waals surface area contributed by atoms with Crippen molar-refractivity contribution in [3.05, 3.63) is 54.0 Å². The number of nitrogens with two attached hydrogens (primary N) is 1. The van der Waals surface area contributed by atoms with Crippen molar-refractivity contribution in [3.8, 4) is 0 Å². The van der Waals surface area contributed by atoms with Crippen LogP contribution >= 0.6 is 0 Å². The van der Waals surface area contributed by atoms with E-state index < -0.39 is 12.7 Å². The molecule has 0 bridgehead atoms. The average molecular weight is 413 g/mol. The monoisotopic (exact) mass is 413 g/mol. The van der Waals surface area contributed by atoms with E-state index in [9.17, 15) is 13.2 Å². The normalized spacial score (nSPS) is 15.1. The van der Waals surface area contributed by atoms with Gasteiger partial charge in [0.2, 0.25) is 0 Å². The van der Waals surface area contributed by atoms with Gasteiger partial charge in [-0.1, -0.05) is 0 Å². The molecule has 1 aliphatic carbocycles. The highest BCUT2D eigenvalue weighted by atomic mass is 19.4. The number of nitrogens with zero attached hydrogens (tertiary/aromatic N) is 5. The van der Waals surface area contributed by atoms with Crippen LogP contribution < -0.4 is 11.1 Å². The SMILES string of the molecule is NC=C(C=NCC(F)(F)F)c1cnc2ccc(Nc3cc(C4CC4)cnn3)nc2c1. The molecule has 0 atom stereocenters. The minimum absolute atomic E-state index is 0.316. The molecule has 1 aliphatic rings. The van der Waals surface area contributed by atoms with Crippen molar-refractivity contribution in [2.24, 2.45) is 10.7 Å². The molecule has 154 valence electrons. The van der Waals surface area contributed by atoms with Crippen LogP contribution in [0.4, 0.5) is 24.8 Å². The number of alkyl halides is 3. The first-order chi connectivity index (χ1) is 14.4. The molecule has 3 aromatic heterocycles. The third-order valence-corrected chi connectivity index (χ3v) is 4.53. The minimum atomic E-state index is -4.38. The Morgan fingerprint density at radius 2 is 2.00 bits per heavy atom. The summed E-state index contributed by atoms with van der Waals surface area (Å²) in [5.41, 5.74) is 8.72. The number of hydrogen-bond donors (Lipinski definition) is 2. The largest absolute Gasteiger partial charge is 0.407 e. The Labute approximate surface area is 170 Å². The Hall–Kier alpha value is -3.56. The summed E-state index contributed by atoms with van der Waals surface area (Å²) >= 11 is 0. The molecule has 3 heterocycles. The summed E-state index contributed by atoms with van der Waals surface area (Å²) in [5, 5.41) is 11.2. The van der Waals surface area contributed by atoms with Crippen molar-refractivity contribution in [3.63, 3.8) is 0 Å². The average Bonchev–Trinajstić information content (AvgIpc) is 3.56. The van der Waals surface area contributed by atoms with Crippen molar-refractivity contribution in [2.75, 3.05) is 11.9 Å². The first-order valence-corrected chi connectivity index (χ1v) is 9.26. The van der Waals surface area contributed by atoms with Gasteiger partial charge in [0.25, 0.3) is 0 Å². The Kier molecular flexibility index (Phi) is 5.30. The van der Waals surface area contributed by atoms with Crippen LogP contribution in [0.3, 0.4) is 0 Å². The molecule has 30 heavy (non-hydrogen) atoms. The molecule has 3 N–H and O–H groups in total. The number of rotatable bonds is 6. The molecular weight excluding hydrogens is 395 g/mol. The third kappa shape index (κ3) is 4.88. The van der Waals surface area contributed by atoms with Gasteiger partial charge in [0.1, 0.15) is 12.4 Å². The highest BCUT2D eigenvalue weighted by Crippen LogP contribution is 2.40. The number of allylic oxidation sites excluding steroid dienone is 1. The number of anilines is 2. The molecule has 10 heteroatoms. The molecule has 0 aliphatic heterocycles. The van der Waals surface area contributed by atoms with Gasteiger partial charge in [-0.15, -0.1) is 5.10 Å². The fraction of sp³-hybridized carbons (Fsp3) is 0.250. The maximum atomic E-state index is 12.3. The van der Waals surface area contributed by atoms with Gasteiger partial charge in [-0.25, -0.2) is 4.98 Å². The summed E-state index contributed by atoms with van der Waals surface area (Å²) in [7, 11) is 0. The maximum absolute atomic E-state index is 12.3. The van der Waals surface area contributed by atoms with E-state index in [1.54, 1.807) is 24.4 Å². The number of fused-ring (bicyclic) bond motifs is 1. The Morgan fingerprint density at radius 3 is 2.73 bits per heavy atom. The van der Waals surface area contributed by atoms with E-state index in [0.29, 0.717) is 39.7 Å². The van der Waals surface area contributed by atoms with E-state index in [1.807, 2.05) is 6.07 Å². The Bertz CT molecular complexity index is 1120. The van der Waals surface area contributed by atoms with Crippen LogP contribution in [0.15, 0.2) is 47.9 Å². The molecule has 0 saturated heterocycles. The van der Waals surface area contributed by atoms with E-state index >= 15 is 0 Å². The lowest BCUT2D eigenvalue weighted by Gasteiger charge is -2.08. The van der Waals surface area contributed by atoms with Gasteiger partial charge in [-0.05, 0) is 48.6 Å². The number of hydrogen-bond acceptors (Lipinski definition) is 7. The lowest BCUT2D eigenvalue weighted by atomic mass is 10.1. The predicted octanol–water partition coefficient (Wildman–Crippen LogP) is 3.97. The summed E-state index contributed by atoms with van der Waals surface area (Å²) in [5.74, 6) is 1.70. The number of halogens is 3. The minimum Gasteiger partial charge on any atom is -0.404 e. The summed E-state index contributed by atoms with van der Waals surface area (Å²) < 4.78 is 36.9. The zero-order chi connectivity index (χ0) is 21.1. The fourth-order valence-corrected chi connectivity index (χ4v) is 2.91. The summed E-state index contributed by atoms with van der Waals surface area (Å²) in [4.78, 5) is 12.2. The first kappa shape index (κ1) is 19.7. The van der Waals surface area contributed by atoms with Crippen molar-refractivity contribution in [2.45, 2.75) is 24.9 Å². The molecule has 0 radical (unpaired) electrons. The lowest BCUT2D eigenvalue weighted by molar-refractivity contribution is -0.118. The third-order valence-electron chi connectivity index (χ3n) is 4.53. The lowest BCUT2D eigenvalue weighted by Crippen LogP contribution is -2.12. The van der Waals surface area contributed by atoms with Crippen molar-refractivity contribution in [1.29, 1.82) is 0 Å². The van der Waals surface area contributed by atoms with Crippen LogP contribution in [-0.2, 0) is 0 Å². The van der Waals surface area contributed by atoms with E-state index in [2.05, 4.69) is 30.5 Å². The smallest absolute Gasteiger partial charge is 0.404 e. The predicted molar refractivity (Wildman–Crippen MR) is 108 cm³/mol. The number of pyridine rings is 2. The van der Waals surface area contributed by atoms with Crippen molar-refractivity contribution >= 4 is 34.5 Å². The molecule has 1 saturated carbocycles. The van der Waals surface area contributed by atoms with Crippen LogP contribution in [-0.4, -0.2) is 39.1 Å². The van der Waals surface area contributed by atoms with Gasteiger partial charge >= 0.3 is 6.18 Å². The summed E-state index contributed by atoms with van der Waals surface area (Å²) in [6.45, 7) is -1.28. The zero-order valence-electron chi connectivity index (χ0n) is 15.8. The molecule has 0 aromatic carbocycles. The molecule has 0 amide bonds. The highest BCUT2D eigenvalue weighted by molar-refractivity contribution is 6.10. The second-order valence-electron chi connectivity index (χ2n) is 6.94. The number of nitrogens with one attached hydrogen (secondary N) is 1.